The van der Waals surface area contributed by atoms with Crippen LogP contribution in [0.3, 0.4) is 0 Å². The van der Waals surface area contributed by atoms with Crippen molar-refractivity contribution < 1.29 is 18.7 Å². The molecule has 3 aromatic rings. The number of rotatable bonds is 4. The number of halogens is 1. The number of amides is 2. The summed E-state index contributed by atoms with van der Waals surface area (Å²) in [6.07, 6.45) is 6.64. The van der Waals surface area contributed by atoms with Crippen LogP contribution in [0, 0.1) is 5.82 Å². The number of fused-ring (bicyclic) bond motifs is 1. The van der Waals surface area contributed by atoms with Gasteiger partial charge in [0.05, 0.1) is 12.2 Å². The molecule has 0 saturated carbocycles. The zero-order valence-electron chi connectivity index (χ0n) is 18.5. The van der Waals surface area contributed by atoms with Gasteiger partial charge in [-0.1, -0.05) is 0 Å². The zero-order valence-corrected chi connectivity index (χ0v) is 18.5. The largest absolute Gasteiger partial charge is 0.444 e. The van der Waals surface area contributed by atoms with Crippen molar-refractivity contribution in [2.75, 3.05) is 19.6 Å². The number of nitrogens with one attached hydrogen (secondary N) is 2. The van der Waals surface area contributed by atoms with Crippen LogP contribution < -0.4 is 5.32 Å². The van der Waals surface area contributed by atoms with Crippen molar-refractivity contribution in [3.8, 4) is 11.1 Å². The number of likely N-dealkylation sites (tertiary alicyclic amines) is 1. The molecule has 0 atom stereocenters. The molecule has 9 heteroatoms. The predicted octanol–water partition coefficient (Wildman–Crippen LogP) is 3.86. The van der Waals surface area contributed by atoms with Crippen molar-refractivity contribution in [2.24, 2.45) is 0 Å². The van der Waals surface area contributed by atoms with E-state index in [1.54, 1.807) is 31.7 Å². The van der Waals surface area contributed by atoms with Crippen molar-refractivity contribution >= 4 is 22.9 Å². The Balaban J connectivity index is 1.32. The van der Waals surface area contributed by atoms with Gasteiger partial charge in [0.15, 0.2) is 0 Å². The first-order chi connectivity index (χ1) is 15.2. The van der Waals surface area contributed by atoms with E-state index >= 15 is 0 Å². The second-order valence-corrected chi connectivity index (χ2v) is 9.07. The first-order valence-corrected chi connectivity index (χ1v) is 10.8. The second kappa shape index (κ2) is 8.64. The first-order valence-electron chi connectivity index (χ1n) is 10.8. The maximum Gasteiger partial charge on any atom is 0.408 e. The van der Waals surface area contributed by atoms with Gasteiger partial charge in [-0.2, -0.15) is 5.10 Å². The number of hydrogen-bond donors (Lipinski definition) is 2. The Morgan fingerprint density at radius 3 is 2.75 bits per heavy atom. The highest BCUT2D eigenvalue weighted by molar-refractivity contribution is 5.95. The number of carbonyl (C=O) groups is 2. The number of alkyl carbamates (subject to hydrolysis) is 1. The van der Waals surface area contributed by atoms with E-state index in [-0.39, 0.29) is 24.3 Å². The summed E-state index contributed by atoms with van der Waals surface area (Å²) < 4.78 is 20.6. The summed E-state index contributed by atoms with van der Waals surface area (Å²) in [5.74, 6) is -0.398. The van der Waals surface area contributed by atoms with Crippen LogP contribution in [0.4, 0.5) is 9.18 Å². The molecule has 8 nitrogen and oxygen atoms in total. The molecule has 3 heterocycles. The van der Waals surface area contributed by atoms with Crippen molar-refractivity contribution in [3.05, 3.63) is 42.6 Å². The molecule has 1 aliphatic heterocycles. The number of hydrogen-bond acceptors (Lipinski definition) is 4. The average molecular weight is 442 g/mol. The highest BCUT2D eigenvalue weighted by atomic mass is 19.1. The summed E-state index contributed by atoms with van der Waals surface area (Å²) in [7, 11) is 0. The Hall–Kier alpha value is -3.36. The third-order valence-corrected chi connectivity index (χ3v) is 5.53. The lowest BCUT2D eigenvalue weighted by Crippen LogP contribution is -2.45. The van der Waals surface area contributed by atoms with Gasteiger partial charge in [0.2, 0.25) is 5.91 Å². The van der Waals surface area contributed by atoms with Crippen LogP contribution in [0.5, 0.6) is 0 Å². The van der Waals surface area contributed by atoms with Crippen LogP contribution in [0.15, 0.2) is 36.8 Å². The summed E-state index contributed by atoms with van der Waals surface area (Å²) in [5.41, 5.74) is 2.09. The molecular formula is C23H28FN5O3. The standard InChI is InChI=1S/C23H28FN5O3/c1-23(2,3)32-22(31)26-13-21(30)28-8-6-17(7-9-28)29-14-15(11-27-29)19-12-25-20-10-16(24)4-5-18(19)20/h4-5,10-12,14,17,25H,6-9,13H2,1-3H3,(H,26,31). The minimum Gasteiger partial charge on any atom is -0.444 e. The fourth-order valence-electron chi connectivity index (χ4n) is 3.97. The normalized spacial score (nSPS) is 15.2. The SMILES string of the molecule is CC(C)(C)OC(=O)NCC(=O)N1CCC(n2cc(-c3c[nH]c4cc(F)ccc34)cn2)CC1. The smallest absolute Gasteiger partial charge is 0.408 e. The lowest BCUT2D eigenvalue weighted by molar-refractivity contribution is -0.131. The zero-order chi connectivity index (χ0) is 22.9. The molecule has 170 valence electrons. The Kier molecular flexibility index (Phi) is 5.90. The quantitative estimate of drug-likeness (QED) is 0.643. The van der Waals surface area contributed by atoms with Crippen LogP contribution >= 0.6 is 0 Å². The van der Waals surface area contributed by atoms with Gasteiger partial charge in [0.1, 0.15) is 18.0 Å². The lowest BCUT2D eigenvalue weighted by atomic mass is 10.0. The van der Waals surface area contributed by atoms with E-state index in [1.165, 1.54) is 12.1 Å². The number of benzene rings is 1. The van der Waals surface area contributed by atoms with Gasteiger partial charge in [-0.05, 0) is 51.8 Å². The fourth-order valence-corrected chi connectivity index (χ4v) is 3.97. The van der Waals surface area contributed by atoms with E-state index < -0.39 is 11.7 Å². The Morgan fingerprint density at radius 2 is 2.03 bits per heavy atom. The highest BCUT2D eigenvalue weighted by Gasteiger charge is 2.25. The average Bonchev–Trinajstić information content (AvgIpc) is 3.37. The third kappa shape index (κ3) is 4.92. The second-order valence-electron chi connectivity index (χ2n) is 9.07. The molecule has 1 aliphatic rings. The number of nitrogens with zero attached hydrogens (tertiary/aromatic N) is 3. The van der Waals surface area contributed by atoms with Crippen molar-refractivity contribution in [2.45, 2.75) is 45.3 Å². The van der Waals surface area contributed by atoms with E-state index in [9.17, 15) is 14.0 Å². The Morgan fingerprint density at radius 1 is 1.28 bits per heavy atom. The topological polar surface area (TPSA) is 92.2 Å². The number of ether oxygens (including phenoxy) is 1. The lowest BCUT2D eigenvalue weighted by Gasteiger charge is -2.32. The predicted molar refractivity (Wildman–Crippen MR) is 119 cm³/mol. The molecule has 4 rings (SSSR count). The van der Waals surface area contributed by atoms with Crippen molar-refractivity contribution in [1.29, 1.82) is 0 Å². The van der Waals surface area contributed by atoms with Crippen molar-refractivity contribution in [1.82, 2.24) is 25.0 Å². The van der Waals surface area contributed by atoms with Gasteiger partial charge in [-0.15, -0.1) is 0 Å². The molecule has 32 heavy (non-hydrogen) atoms. The molecule has 2 aromatic heterocycles. The van der Waals surface area contributed by atoms with E-state index in [4.69, 9.17) is 4.74 Å². The third-order valence-electron chi connectivity index (χ3n) is 5.53. The summed E-state index contributed by atoms with van der Waals surface area (Å²) in [5, 5.41) is 8.00. The Labute approximate surface area is 185 Å². The minimum absolute atomic E-state index is 0.0767. The molecule has 0 spiro atoms. The van der Waals surface area contributed by atoms with Gasteiger partial charge in [0.25, 0.3) is 0 Å². The van der Waals surface area contributed by atoms with Crippen molar-refractivity contribution in [3.63, 3.8) is 0 Å². The number of H-pyrrole nitrogens is 1. The summed E-state index contributed by atoms with van der Waals surface area (Å²) in [6, 6.07) is 4.89. The first kappa shape index (κ1) is 21.9. The number of aromatic amines is 1. The maximum atomic E-state index is 13.4. The van der Waals surface area contributed by atoms with Crippen LogP contribution in [0.2, 0.25) is 0 Å². The van der Waals surface area contributed by atoms with Gasteiger partial charge in [-0.25, -0.2) is 9.18 Å². The number of piperidine rings is 1. The fraction of sp³-hybridized carbons (Fsp3) is 0.435. The Bertz CT molecular complexity index is 1120. The molecule has 0 bridgehead atoms. The molecule has 1 fully saturated rings. The van der Waals surface area contributed by atoms with E-state index in [0.717, 1.165) is 34.9 Å². The summed E-state index contributed by atoms with van der Waals surface area (Å²) in [4.78, 5) is 29.0. The highest BCUT2D eigenvalue weighted by Crippen LogP contribution is 2.30. The summed E-state index contributed by atoms with van der Waals surface area (Å²) in [6.45, 7) is 6.45. The molecule has 1 saturated heterocycles. The van der Waals surface area contributed by atoms with Crippen LogP contribution in [0.1, 0.15) is 39.7 Å². The monoisotopic (exact) mass is 441 g/mol. The van der Waals surface area contributed by atoms with E-state index in [0.29, 0.717) is 13.1 Å². The minimum atomic E-state index is -0.600. The number of carbonyl (C=O) groups excluding carboxylic acids is 2. The van der Waals surface area contributed by atoms with Gasteiger partial charge < -0.3 is 19.9 Å². The van der Waals surface area contributed by atoms with Gasteiger partial charge in [0, 0.05) is 47.5 Å². The molecular weight excluding hydrogens is 413 g/mol. The molecule has 0 unspecified atom stereocenters. The van der Waals surface area contributed by atoms with Crippen LogP contribution in [0.25, 0.3) is 22.0 Å². The van der Waals surface area contributed by atoms with Crippen LogP contribution in [-0.2, 0) is 9.53 Å². The van der Waals surface area contributed by atoms with Gasteiger partial charge >= 0.3 is 6.09 Å². The summed E-state index contributed by atoms with van der Waals surface area (Å²) >= 11 is 0. The maximum absolute atomic E-state index is 13.4. The number of aromatic nitrogens is 3. The molecule has 2 N–H and O–H groups in total. The van der Waals surface area contributed by atoms with E-state index in [1.807, 2.05) is 23.3 Å². The molecule has 0 aliphatic carbocycles. The molecule has 0 radical (unpaired) electrons. The van der Waals surface area contributed by atoms with E-state index in [2.05, 4.69) is 15.4 Å². The molecule has 2 amide bonds. The van der Waals surface area contributed by atoms with Crippen LogP contribution in [-0.4, -0.2) is 56.9 Å². The molecule has 1 aromatic carbocycles. The van der Waals surface area contributed by atoms with Gasteiger partial charge in [-0.3, -0.25) is 9.48 Å².